The van der Waals surface area contributed by atoms with Crippen LogP contribution in [0.2, 0.25) is 0 Å². The first-order valence-corrected chi connectivity index (χ1v) is 8.65. The number of hydrogen-bond acceptors (Lipinski definition) is 2. The van der Waals surface area contributed by atoms with E-state index in [0.717, 1.165) is 38.4 Å². The van der Waals surface area contributed by atoms with Gasteiger partial charge in [-0.25, -0.2) is 0 Å². The predicted molar refractivity (Wildman–Crippen MR) is 86.0 cm³/mol. The molecular weight excluding hydrogens is 260 g/mol. The molecule has 0 radical (unpaired) electrons. The van der Waals surface area contributed by atoms with Gasteiger partial charge < -0.3 is 9.47 Å². The van der Waals surface area contributed by atoms with Gasteiger partial charge in [-0.05, 0) is 56.8 Å². The van der Waals surface area contributed by atoms with E-state index in [1.807, 2.05) is 0 Å². The third kappa shape index (κ3) is 2.61. The third-order valence-corrected chi connectivity index (χ3v) is 6.09. The van der Waals surface area contributed by atoms with E-state index in [1.165, 1.54) is 37.7 Å². The number of fused-ring (bicyclic) bond motifs is 2. The van der Waals surface area contributed by atoms with Crippen LogP contribution in [0.25, 0.3) is 0 Å². The van der Waals surface area contributed by atoms with Crippen molar-refractivity contribution in [3.8, 4) is 0 Å². The van der Waals surface area contributed by atoms with Gasteiger partial charge >= 0.3 is 0 Å². The average Bonchev–Trinajstić information content (AvgIpc) is 3.05. The van der Waals surface area contributed by atoms with E-state index < -0.39 is 0 Å². The fourth-order valence-electron chi connectivity index (χ4n) is 5.38. The lowest BCUT2D eigenvalue weighted by atomic mass is 9.60. The van der Waals surface area contributed by atoms with Crippen molar-refractivity contribution in [1.82, 2.24) is 0 Å². The summed E-state index contributed by atoms with van der Waals surface area (Å²) in [5, 5.41) is 0. The molecule has 2 saturated carbocycles. The topological polar surface area (TPSA) is 18.5 Å². The Hall–Kier alpha value is -0.600. The normalized spacial score (nSPS) is 37.6. The van der Waals surface area contributed by atoms with Gasteiger partial charge in [0.15, 0.2) is 5.79 Å². The molecule has 1 saturated heterocycles. The van der Waals surface area contributed by atoms with Crippen molar-refractivity contribution in [3.63, 3.8) is 0 Å². The third-order valence-electron chi connectivity index (χ3n) is 6.09. The van der Waals surface area contributed by atoms with Crippen molar-refractivity contribution < 1.29 is 9.47 Å². The summed E-state index contributed by atoms with van der Waals surface area (Å²) in [6.45, 7) is 11.8. The fourth-order valence-corrected chi connectivity index (χ4v) is 5.38. The molecule has 1 heterocycles. The van der Waals surface area contributed by atoms with E-state index in [-0.39, 0.29) is 5.79 Å². The fraction of sp³-hybridized carbons (Fsp3) is 0.789. The highest BCUT2D eigenvalue weighted by Gasteiger charge is 2.62. The van der Waals surface area contributed by atoms with Crippen molar-refractivity contribution in [2.75, 3.05) is 13.2 Å². The molecular formula is C19H30O2. The van der Waals surface area contributed by atoms with Crippen LogP contribution in [-0.4, -0.2) is 19.0 Å². The molecule has 2 nitrogen and oxygen atoms in total. The molecule has 118 valence electrons. The van der Waals surface area contributed by atoms with Crippen LogP contribution in [-0.2, 0) is 9.47 Å². The van der Waals surface area contributed by atoms with Crippen LogP contribution in [0.1, 0.15) is 58.3 Å². The Morgan fingerprint density at radius 2 is 2.00 bits per heavy atom. The SMILES string of the molecule is C=CC[C@@]12CCC[C@H](CCC(=C)C)[C@@H]1C1(CC2)OCCO1. The molecule has 3 aliphatic rings. The summed E-state index contributed by atoms with van der Waals surface area (Å²) in [5.74, 6) is 0.998. The van der Waals surface area contributed by atoms with Gasteiger partial charge in [0.2, 0.25) is 0 Å². The molecule has 1 spiro atoms. The van der Waals surface area contributed by atoms with Crippen LogP contribution in [0, 0.1) is 17.3 Å². The van der Waals surface area contributed by atoms with Crippen LogP contribution in [0.3, 0.4) is 0 Å². The highest BCUT2D eigenvalue weighted by molar-refractivity contribution is 5.09. The predicted octanol–water partition coefficient (Wildman–Crippen LogP) is 4.86. The molecule has 0 unspecified atom stereocenters. The van der Waals surface area contributed by atoms with E-state index in [1.54, 1.807) is 0 Å². The van der Waals surface area contributed by atoms with Crippen LogP contribution in [0.5, 0.6) is 0 Å². The Labute approximate surface area is 129 Å². The molecule has 2 aliphatic carbocycles. The first-order valence-electron chi connectivity index (χ1n) is 8.65. The molecule has 0 amide bonds. The minimum absolute atomic E-state index is 0.275. The van der Waals surface area contributed by atoms with Gasteiger partial charge in [-0.15, -0.1) is 13.2 Å². The average molecular weight is 290 g/mol. The summed E-state index contributed by atoms with van der Waals surface area (Å²) in [5.41, 5.74) is 1.68. The largest absolute Gasteiger partial charge is 0.347 e. The van der Waals surface area contributed by atoms with Crippen molar-refractivity contribution in [2.24, 2.45) is 17.3 Å². The smallest absolute Gasteiger partial charge is 0.172 e. The Balaban J connectivity index is 1.87. The zero-order valence-corrected chi connectivity index (χ0v) is 13.5. The Morgan fingerprint density at radius 1 is 1.24 bits per heavy atom. The molecule has 3 fully saturated rings. The summed E-state index contributed by atoms with van der Waals surface area (Å²) in [7, 11) is 0. The molecule has 3 rings (SSSR count). The van der Waals surface area contributed by atoms with Gasteiger partial charge in [0.1, 0.15) is 0 Å². The van der Waals surface area contributed by atoms with E-state index in [2.05, 4.69) is 26.2 Å². The monoisotopic (exact) mass is 290 g/mol. The molecule has 2 heteroatoms. The van der Waals surface area contributed by atoms with Crippen molar-refractivity contribution in [3.05, 3.63) is 24.8 Å². The van der Waals surface area contributed by atoms with Crippen LogP contribution in [0.15, 0.2) is 24.8 Å². The van der Waals surface area contributed by atoms with Crippen molar-refractivity contribution >= 4 is 0 Å². The summed E-state index contributed by atoms with van der Waals surface area (Å²) >= 11 is 0. The van der Waals surface area contributed by atoms with Crippen molar-refractivity contribution in [2.45, 2.75) is 64.1 Å². The lowest BCUT2D eigenvalue weighted by Gasteiger charge is -2.48. The highest BCUT2D eigenvalue weighted by atomic mass is 16.7. The molecule has 1 aliphatic heterocycles. The molecule has 0 N–H and O–H groups in total. The van der Waals surface area contributed by atoms with E-state index in [9.17, 15) is 0 Å². The minimum atomic E-state index is -0.275. The van der Waals surface area contributed by atoms with Gasteiger partial charge in [-0.2, -0.15) is 0 Å². The van der Waals surface area contributed by atoms with Crippen molar-refractivity contribution in [1.29, 1.82) is 0 Å². The van der Waals surface area contributed by atoms with Gasteiger partial charge in [0.05, 0.1) is 13.2 Å². The Morgan fingerprint density at radius 3 is 2.67 bits per heavy atom. The summed E-state index contributed by atoms with van der Waals surface area (Å²) in [6, 6.07) is 0. The Kier molecular flexibility index (Phi) is 4.29. The molecule has 0 aromatic rings. The zero-order valence-electron chi connectivity index (χ0n) is 13.5. The second-order valence-electron chi connectivity index (χ2n) is 7.49. The standard InChI is InChI=1S/C19H30O2/c1-4-9-18-10-5-6-16(8-7-15(2)3)17(18)19(12-11-18)20-13-14-21-19/h4,16-17H,1-2,5-14H2,3H3/t16-,17+,18+/m1/s1. The maximum Gasteiger partial charge on any atom is 0.172 e. The highest BCUT2D eigenvalue weighted by Crippen LogP contribution is 2.63. The van der Waals surface area contributed by atoms with Crippen LogP contribution in [0.4, 0.5) is 0 Å². The maximum absolute atomic E-state index is 6.20. The summed E-state index contributed by atoms with van der Waals surface area (Å²) in [4.78, 5) is 0. The number of hydrogen-bond donors (Lipinski definition) is 0. The lowest BCUT2D eigenvalue weighted by molar-refractivity contribution is -0.214. The van der Waals surface area contributed by atoms with Gasteiger partial charge in [0.25, 0.3) is 0 Å². The first kappa shape index (κ1) is 15.3. The number of allylic oxidation sites excluding steroid dienone is 2. The van der Waals surface area contributed by atoms with Gasteiger partial charge in [0, 0.05) is 12.3 Å². The van der Waals surface area contributed by atoms with Crippen LogP contribution >= 0.6 is 0 Å². The van der Waals surface area contributed by atoms with E-state index in [0.29, 0.717) is 11.3 Å². The molecule has 3 atom stereocenters. The minimum Gasteiger partial charge on any atom is -0.347 e. The van der Waals surface area contributed by atoms with Gasteiger partial charge in [-0.3, -0.25) is 0 Å². The lowest BCUT2D eigenvalue weighted by Crippen LogP contribution is -2.47. The zero-order chi connectivity index (χ0) is 14.9. The van der Waals surface area contributed by atoms with E-state index >= 15 is 0 Å². The molecule has 0 aromatic carbocycles. The Bertz CT molecular complexity index is 408. The first-order chi connectivity index (χ1) is 10.1. The maximum atomic E-state index is 6.20. The quantitative estimate of drug-likeness (QED) is 0.673. The number of ether oxygens (including phenoxy) is 2. The number of rotatable bonds is 5. The molecule has 0 bridgehead atoms. The summed E-state index contributed by atoms with van der Waals surface area (Å²) in [6.07, 6.45) is 11.9. The van der Waals surface area contributed by atoms with Crippen LogP contribution < -0.4 is 0 Å². The molecule has 21 heavy (non-hydrogen) atoms. The second kappa shape index (κ2) is 5.89. The van der Waals surface area contributed by atoms with Gasteiger partial charge in [-0.1, -0.05) is 18.1 Å². The summed E-state index contributed by atoms with van der Waals surface area (Å²) < 4.78 is 12.4. The second-order valence-corrected chi connectivity index (χ2v) is 7.49. The molecule has 0 aromatic heterocycles. The van der Waals surface area contributed by atoms with E-state index in [4.69, 9.17) is 9.47 Å².